The van der Waals surface area contributed by atoms with Gasteiger partial charge in [-0.15, -0.1) is 11.3 Å². The lowest BCUT2D eigenvalue weighted by Crippen LogP contribution is -2.39. The molecule has 0 aliphatic heterocycles. The Bertz CT molecular complexity index is 1580. The summed E-state index contributed by atoms with van der Waals surface area (Å²) in [7, 11) is 2.99. The molecule has 0 radical (unpaired) electrons. The second-order valence-electron chi connectivity index (χ2n) is 8.37. The minimum Gasteiger partial charge on any atom is -0.497 e. The normalized spacial score (nSPS) is 13.0. The first-order chi connectivity index (χ1) is 16.9. The topological polar surface area (TPSA) is 106 Å². The first-order valence-electron chi connectivity index (χ1n) is 11.2. The molecule has 2 heterocycles. The number of ether oxygens (including phenoxy) is 2. The number of nitrogens with zero attached hydrogens (tertiary/aromatic N) is 3. The number of aryl methyl sites for hydroxylation is 2. The van der Waals surface area contributed by atoms with Crippen LogP contribution < -0.4 is 20.7 Å². The SMILES string of the molecule is COc1ccc(-n2c(=O)c3c4c(sc3n(Cc3cccc([N+](=O)[O-])c3)c2=O)CCCC4)c(OC)c1. The van der Waals surface area contributed by atoms with E-state index in [0.717, 1.165) is 40.7 Å². The zero-order valence-corrected chi connectivity index (χ0v) is 20.1. The molecule has 0 bridgehead atoms. The van der Waals surface area contributed by atoms with Gasteiger partial charge in [-0.1, -0.05) is 12.1 Å². The fourth-order valence-corrected chi connectivity index (χ4v) is 6.01. The van der Waals surface area contributed by atoms with Crippen molar-refractivity contribution in [2.24, 2.45) is 0 Å². The van der Waals surface area contributed by atoms with Crippen molar-refractivity contribution in [1.29, 1.82) is 0 Å². The quantitative estimate of drug-likeness (QED) is 0.296. The van der Waals surface area contributed by atoms with E-state index in [2.05, 4.69) is 0 Å². The number of benzene rings is 2. The maximum absolute atomic E-state index is 13.9. The summed E-state index contributed by atoms with van der Waals surface area (Å²) >= 11 is 1.47. The van der Waals surface area contributed by atoms with Crippen molar-refractivity contribution >= 4 is 27.2 Å². The van der Waals surface area contributed by atoms with Gasteiger partial charge in [-0.2, -0.15) is 0 Å². The van der Waals surface area contributed by atoms with Gasteiger partial charge in [0.25, 0.3) is 11.2 Å². The molecule has 2 aromatic heterocycles. The zero-order chi connectivity index (χ0) is 24.7. The van der Waals surface area contributed by atoms with Crippen LogP contribution in [0.2, 0.25) is 0 Å². The van der Waals surface area contributed by atoms with Crippen LogP contribution in [0.5, 0.6) is 11.5 Å². The Kier molecular flexibility index (Phi) is 5.89. The standard InChI is InChI=1S/C25H23N3O6S/c1-33-17-10-11-19(20(13-17)34-2)27-23(29)22-18-8-3-4-9-21(18)35-24(22)26(25(27)30)14-15-6-5-7-16(12-15)28(31)32/h5-7,10-13H,3-4,8-9,14H2,1-2H3. The summed E-state index contributed by atoms with van der Waals surface area (Å²) in [6.45, 7) is 0.0924. The Morgan fingerprint density at radius 3 is 2.60 bits per heavy atom. The van der Waals surface area contributed by atoms with Gasteiger partial charge in [-0.3, -0.25) is 19.5 Å². The summed E-state index contributed by atoms with van der Waals surface area (Å²) in [6, 6.07) is 11.1. The highest BCUT2D eigenvalue weighted by molar-refractivity contribution is 7.18. The average molecular weight is 494 g/mol. The Hall–Kier alpha value is -3.92. The van der Waals surface area contributed by atoms with Crippen molar-refractivity contribution in [1.82, 2.24) is 9.13 Å². The number of methoxy groups -OCH3 is 2. The van der Waals surface area contributed by atoms with Crippen molar-refractivity contribution in [3.63, 3.8) is 0 Å². The number of aromatic nitrogens is 2. The lowest BCUT2D eigenvalue weighted by Gasteiger charge is -2.16. The van der Waals surface area contributed by atoms with Gasteiger partial charge in [0.2, 0.25) is 0 Å². The molecule has 180 valence electrons. The number of hydrogen-bond acceptors (Lipinski definition) is 7. The molecule has 0 spiro atoms. The largest absolute Gasteiger partial charge is 0.497 e. The van der Waals surface area contributed by atoms with E-state index in [9.17, 15) is 19.7 Å². The highest BCUT2D eigenvalue weighted by Gasteiger charge is 2.25. The van der Waals surface area contributed by atoms with Crippen LogP contribution in [-0.4, -0.2) is 28.3 Å². The van der Waals surface area contributed by atoms with Crippen LogP contribution in [-0.2, 0) is 19.4 Å². The van der Waals surface area contributed by atoms with E-state index in [0.29, 0.717) is 33.0 Å². The monoisotopic (exact) mass is 493 g/mol. The fraction of sp³-hybridized carbons (Fsp3) is 0.280. The average Bonchev–Trinajstić information content (AvgIpc) is 3.26. The summed E-state index contributed by atoms with van der Waals surface area (Å²) in [5, 5.41) is 11.8. The summed E-state index contributed by atoms with van der Waals surface area (Å²) in [5.41, 5.74) is 0.937. The molecule has 1 aliphatic carbocycles. The van der Waals surface area contributed by atoms with Crippen molar-refractivity contribution in [3.8, 4) is 17.2 Å². The van der Waals surface area contributed by atoms with E-state index in [1.54, 1.807) is 34.9 Å². The third-order valence-electron chi connectivity index (χ3n) is 6.33. The molecule has 0 unspecified atom stereocenters. The number of hydrogen-bond donors (Lipinski definition) is 0. The van der Waals surface area contributed by atoms with Gasteiger partial charge < -0.3 is 9.47 Å². The Labute approximate surface area is 203 Å². The molecule has 35 heavy (non-hydrogen) atoms. The number of nitro benzene ring substituents is 1. The number of thiophene rings is 1. The van der Waals surface area contributed by atoms with Crippen molar-refractivity contribution < 1.29 is 14.4 Å². The molecule has 0 saturated heterocycles. The third kappa shape index (κ3) is 3.89. The van der Waals surface area contributed by atoms with E-state index in [1.807, 2.05) is 0 Å². The molecule has 4 aromatic rings. The van der Waals surface area contributed by atoms with Gasteiger partial charge in [-0.25, -0.2) is 9.36 Å². The maximum Gasteiger partial charge on any atom is 0.337 e. The van der Waals surface area contributed by atoms with Crippen molar-refractivity contribution in [2.75, 3.05) is 14.2 Å². The number of rotatable bonds is 6. The van der Waals surface area contributed by atoms with Crippen molar-refractivity contribution in [3.05, 3.63) is 89.4 Å². The minimum atomic E-state index is -0.531. The van der Waals surface area contributed by atoms with E-state index in [4.69, 9.17) is 9.47 Å². The molecule has 0 fully saturated rings. The van der Waals surface area contributed by atoms with Crippen LogP contribution in [0.4, 0.5) is 5.69 Å². The molecule has 0 N–H and O–H groups in total. The maximum atomic E-state index is 13.9. The van der Waals surface area contributed by atoms with Gasteiger partial charge in [0, 0.05) is 23.1 Å². The van der Waals surface area contributed by atoms with Gasteiger partial charge in [0.15, 0.2) is 0 Å². The molecule has 1 aliphatic rings. The molecular weight excluding hydrogens is 470 g/mol. The minimum absolute atomic E-state index is 0.0533. The molecule has 0 atom stereocenters. The first-order valence-corrected chi connectivity index (χ1v) is 12.0. The number of non-ortho nitro benzene ring substituents is 1. The van der Waals surface area contributed by atoms with Crippen LogP contribution in [0, 0.1) is 10.1 Å². The fourth-order valence-electron chi connectivity index (χ4n) is 4.64. The zero-order valence-electron chi connectivity index (χ0n) is 19.3. The van der Waals surface area contributed by atoms with E-state index in [1.165, 1.54) is 37.7 Å². The second-order valence-corrected chi connectivity index (χ2v) is 9.45. The Morgan fingerprint density at radius 2 is 1.86 bits per heavy atom. The van der Waals surface area contributed by atoms with Crippen LogP contribution in [0.1, 0.15) is 28.8 Å². The predicted octanol–water partition coefficient (Wildman–Crippen LogP) is 4.07. The number of fused-ring (bicyclic) bond motifs is 3. The van der Waals surface area contributed by atoms with E-state index < -0.39 is 10.6 Å². The van der Waals surface area contributed by atoms with E-state index in [-0.39, 0.29) is 17.8 Å². The highest BCUT2D eigenvalue weighted by Crippen LogP contribution is 2.35. The van der Waals surface area contributed by atoms with Crippen LogP contribution >= 0.6 is 11.3 Å². The van der Waals surface area contributed by atoms with Crippen LogP contribution in [0.3, 0.4) is 0 Å². The second kappa shape index (κ2) is 9.03. The number of nitro groups is 1. The summed E-state index contributed by atoms with van der Waals surface area (Å²) in [4.78, 5) is 40.3. The molecule has 9 nitrogen and oxygen atoms in total. The van der Waals surface area contributed by atoms with Crippen molar-refractivity contribution in [2.45, 2.75) is 32.2 Å². The van der Waals surface area contributed by atoms with Gasteiger partial charge >= 0.3 is 5.69 Å². The Balaban J connectivity index is 1.81. The van der Waals surface area contributed by atoms with E-state index >= 15 is 0 Å². The summed E-state index contributed by atoms with van der Waals surface area (Å²) < 4.78 is 13.5. The molecule has 5 rings (SSSR count). The van der Waals surface area contributed by atoms with Crippen LogP contribution in [0.15, 0.2) is 52.1 Å². The Morgan fingerprint density at radius 1 is 1.06 bits per heavy atom. The summed E-state index contributed by atoms with van der Waals surface area (Å²) in [5.74, 6) is 0.860. The molecule has 2 aromatic carbocycles. The summed E-state index contributed by atoms with van der Waals surface area (Å²) in [6.07, 6.45) is 3.66. The molecular formula is C25H23N3O6S. The van der Waals surface area contributed by atoms with Gasteiger partial charge in [0.1, 0.15) is 16.3 Å². The molecule has 10 heteroatoms. The highest BCUT2D eigenvalue weighted by atomic mass is 32.1. The van der Waals surface area contributed by atoms with Crippen LogP contribution in [0.25, 0.3) is 15.9 Å². The third-order valence-corrected chi connectivity index (χ3v) is 7.64. The van der Waals surface area contributed by atoms with Gasteiger partial charge in [0.05, 0.1) is 36.8 Å². The van der Waals surface area contributed by atoms with Gasteiger partial charge in [-0.05, 0) is 48.9 Å². The lowest BCUT2D eigenvalue weighted by molar-refractivity contribution is -0.384. The molecule has 0 amide bonds. The smallest absolute Gasteiger partial charge is 0.337 e. The molecule has 0 saturated carbocycles. The predicted molar refractivity (Wildman–Crippen MR) is 134 cm³/mol. The lowest BCUT2D eigenvalue weighted by atomic mass is 9.97. The first kappa shape index (κ1) is 22.9.